The lowest BCUT2D eigenvalue weighted by Gasteiger charge is -2.17. The first kappa shape index (κ1) is 13.8. The Morgan fingerprint density at radius 2 is 1.77 bits per heavy atom. The Hall–Kier alpha value is -1.85. The second kappa shape index (κ2) is 4.83. The van der Waals surface area contributed by atoms with E-state index in [1.54, 1.807) is 0 Å². The fourth-order valence-corrected chi connectivity index (χ4v) is 5.16. The van der Waals surface area contributed by atoms with E-state index in [9.17, 15) is 13.5 Å². The highest BCUT2D eigenvalue weighted by Crippen LogP contribution is 2.37. The van der Waals surface area contributed by atoms with Crippen LogP contribution in [0.4, 0.5) is 5.69 Å². The number of benzene rings is 2. The van der Waals surface area contributed by atoms with E-state index in [0.29, 0.717) is 0 Å². The molecule has 0 amide bonds. The van der Waals surface area contributed by atoms with Crippen LogP contribution in [0.3, 0.4) is 0 Å². The van der Waals surface area contributed by atoms with Crippen molar-refractivity contribution in [2.24, 2.45) is 0 Å². The molecule has 2 atom stereocenters. The van der Waals surface area contributed by atoms with Gasteiger partial charge in [-0.25, -0.2) is 8.42 Å². The van der Waals surface area contributed by atoms with Gasteiger partial charge in [0.15, 0.2) is 9.84 Å². The smallest absolute Gasteiger partial charge is 0.155 e. The number of rotatable bonds is 2. The van der Waals surface area contributed by atoms with E-state index in [-0.39, 0.29) is 11.5 Å². The number of hydrogen-bond donors (Lipinski definition) is 2. The van der Waals surface area contributed by atoms with Crippen molar-refractivity contribution in [2.45, 2.75) is 18.6 Å². The van der Waals surface area contributed by atoms with Gasteiger partial charge in [-0.15, -0.1) is 0 Å². The minimum Gasteiger partial charge on any atom is -0.390 e. The van der Waals surface area contributed by atoms with E-state index in [1.807, 2.05) is 18.2 Å². The summed E-state index contributed by atoms with van der Waals surface area (Å²) < 4.78 is 23.2. The first-order chi connectivity index (χ1) is 10.5. The largest absolute Gasteiger partial charge is 0.390 e. The first-order valence-corrected chi connectivity index (χ1v) is 9.20. The van der Waals surface area contributed by atoms with Crippen molar-refractivity contribution < 1.29 is 13.5 Å². The molecule has 0 radical (unpaired) electrons. The Labute approximate surface area is 129 Å². The minimum atomic E-state index is -3.13. The topological polar surface area (TPSA) is 66.4 Å². The fraction of sp³-hybridized carbons (Fsp3) is 0.294. The van der Waals surface area contributed by atoms with Gasteiger partial charge in [0, 0.05) is 5.69 Å². The maximum absolute atomic E-state index is 11.6. The number of anilines is 1. The van der Waals surface area contributed by atoms with Gasteiger partial charge in [0.2, 0.25) is 0 Å². The fourth-order valence-electron chi connectivity index (χ4n) is 3.42. The third-order valence-electron chi connectivity index (χ3n) is 4.47. The van der Waals surface area contributed by atoms with Crippen LogP contribution in [0.15, 0.2) is 42.5 Å². The van der Waals surface area contributed by atoms with Crippen molar-refractivity contribution in [2.75, 3.05) is 16.8 Å². The summed E-state index contributed by atoms with van der Waals surface area (Å²) in [6.45, 7) is 0. The van der Waals surface area contributed by atoms with Crippen molar-refractivity contribution in [3.8, 4) is 11.1 Å². The summed E-state index contributed by atoms with van der Waals surface area (Å²) in [6, 6.07) is 14.0. The number of fused-ring (bicyclic) bond motifs is 3. The van der Waals surface area contributed by atoms with Gasteiger partial charge in [-0.05, 0) is 40.8 Å². The Balaban J connectivity index is 1.60. The summed E-state index contributed by atoms with van der Waals surface area (Å²) >= 11 is 0. The SMILES string of the molecule is O=S1(=O)CC(O)C(Nc2ccc3c(c2)Cc2ccccc2-3)C1. The zero-order valence-electron chi connectivity index (χ0n) is 12.0. The van der Waals surface area contributed by atoms with Crippen molar-refractivity contribution in [1.82, 2.24) is 0 Å². The molecule has 1 aliphatic heterocycles. The van der Waals surface area contributed by atoms with Crippen LogP contribution in [-0.4, -0.2) is 37.2 Å². The monoisotopic (exact) mass is 315 g/mol. The van der Waals surface area contributed by atoms with Crippen molar-refractivity contribution in [3.05, 3.63) is 53.6 Å². The van der Waals surface area contributed by atoms with Gasteiger partial charge >= 0.3 is 0 Å². The van der Waals surface area contributed by atoms with Gasteiger partial charge in [0.05, 0.1) is 23.7 Å². The van der Waals surface area contributed by atoms with Crippen LogP contribution in [0.2, 0.25) is 0 Å². The molecule has 0 saturated carbocycles. The molecule has 2 aromatic rings. The van der Waals surface area contributed by atoms with E-state index < -0.39 is 22.0 Å². The van der Waals surface area contributed by atoms with Crippen molar-refractivity contribution in [3.63, 3.8) is 0 Å². The van der Waals surface area contributed by atoms with E-state index in [0.717, 1.165) is 12.1 Å². The van der Waals surface area contributed by atoms with E-state index in [2.05, 4.69) is 29.6 Å². The van der Waals surface area contributed by atoms with Gasteiger partial charge in [-0.1, -0.05) is 30.3 Å². The molecule has 0 aromatic heterocycles. The summed E-state index contributed by atoms with van der Waals surface area (Å²) in [5.41, 5.74) is 5.93. The molecular weight excluding hydrogens is 298 g/mol. The van der Waals surface area contributed by atoms with Crippen LogP contribution in [0.25, 0.3) is 11.1 Å². The van der Waals surface area contributed by atoms with Crippen molar-refractivity contribution >= 4 is 15.5 Å². The summed E-state index contributed by atoms with van der Waals surface area (Å²) in [7, 11) is -3.13. The van der Waals surface area contributed by atoms with Crippen LogP contribution < -0.4 is 5.32 Å². The molecule has 0 bridgehead atoms. The van der Waals surface area contributed by atoms with E-state index in [4.69, 9.17) is 0 Å². The molecule has 22 heavy (non-hydrogen) atoms. The van der Waals surface area contributed by atoms with Crippen LogP contribution in [0, 0.1) is 0 Å². The van der Waals surface area contributed by atoms with Crippen molar-refractivity contribution in [1.29, 1.82) is 0 Å². The summed E-state index contributed by atoms with van der Waals surface area (Å²) in [5.74, 6) is -0.160. The Morgan fingerprint density at radius 3 is 2.55 bits per heavy atom. The standard InChI is InChI=1S/C17H17NO3S/c19-17-10-22(20,21)9-16(17)18-13-5-6-15-12(8-13)7-11-3-1-2-4-14(11)15/h1-6,8,16-19H,7,9-10H2. The Kier molecular flexibility index (Phi) is 3.03. The number of nitrogens with one attached hydrogen (secondary N) is 1. The molecule has 114 valence electrons. The summed E-state index contributed by atoms with van der Waals surface area (Å²) in [4.78, 5) is 0. The van der Waals surface area contributed by atoms with Gasteiger partial charge in [-0.3, -0.25) is 0 Å². The van der Waals surface area contributed by atoms with Crippen LogP contribution >= 0.6 is 0 Å². The van der Waals surface area contributed by atoms with Gasteiger partial charge in [0.1, 0.15) is 0 Å². The molecule has 1 heterocycles. The summed E-state index contributed by atoms with van der Waals surface area (Å²) in [6.07, 6.45) is 0.0578. The predicted molar refractivity (Wildman–Crippen MR) is 86.8 cm³/mol. The average Bonchev–Trinajstić information content (AvgIpc) is 2.95. The molecule has 1 fully saturated rings. The molecular formula is C17H17NO3S. The highest BCUT2D eigenvalue weighted by molar-refractivity contribution is 7.91. The molecule has 4 nitrogen and oxygen atoms in total. The lowest BCUT2D eigenvalue weighted by molar-refractivity contribution is 0.190. The highest BCUT2D eigenvalue weighted by Gasteiger charge is 2.36. The molecule has 4 rings (SSSR count). The lowest BCUT2D eigenvalue weighted by atomic mass is 10.1. The molecule has 2 unspecified atom stereocenters. The zero-order chi connectivity index (χ0) is 15.3. The number of hydrogen-bond acceptors (Lipinski definition) is 4. The average molecular weight is 315 g/mol. The van der Waals surface area contributed by atoms with E-state index in [1.165, 1.54) is 22.3 Å². The normalized spacial score (nSPS) is 24.8. The molecule has 2 N–H and O–H groups in total. The van der Waals surface area contributed by atoms with Gasteiger partial charge < -0.3 is 10.4 Å². The quantitative estimate of drug-likeness (QED) is 0.757. The minimum absolute atomic E-state index is 0.00846. The van der Waals surface area contributed by atoms with Crippen LogP contribution in [-0.2, 0) is 16.3 Å². The molecule has 2 aliphatic rings. The Morgan fingerprint density at radius 1 is 1.00 bits per heavy atom. The molecule has 0 spiro atoms. The molecule has 1 aliphatic carbocycles. The third kappa shape index (κ3) is 2.30. The predicted octanol–water partition coefficient (Wildman–Crippen LogP) is 1.83. The molecule has 2 aromatic carbocycles. The van der Waals surface area contributed by atoms with E-state index >= 15 is 0 Å². The maximum Gasteiger partial charge on any atom is 0.155 e. The van der Waals surface area contributed by atoms with Gasteiger partial charge in [-0.2, -0.15) is 0 Å². The zero-order valence-corrected chi connectivity index (χ0v) is 12.8. The lowest BCUT2D eigenvalue weighted by Crippen LogP contribution is -2.31. The maximum atomic E-state index is 11.6. The third-order valence-corrected chi connectivity index (χ3v) is 6.18. The van der Waals surface area contributed by atoms with Gasteiger partial charge in [0.25, 0.3) is 0 Å². The van der Waals surface area contributed by atoms with Crippen LogP contribution in [0.5, 0.6) is 0 Å². The highest BCUT2D eigenvalue weighted by atomic mass is 32.2. The Bertz CT molecular complexity index is 845. The molecule has 1 saturated heterocycles. The molecule has 5 heteroatoms. The second-order valence-electron chi connectivity index (χ2n) is 6.10. The second-order valence-corrected chi connectivity index (χ2v) is 8.25. The van der Waals surface area contributed by atoms with Crippen LogP contribution in [0.1, 0.15) is 11.1 Å². The first-order valence-electron chi connectivity index (χ1n) is 7.38. The summed E-state index contributed by atoms with van der Waals surface area (Å²) in [5, 5.41) is 13.1. The number of sulfone groups is 1. The number of aliphatic hydroxyl groups is 1. The number of aliphatic hydroxyl groups excluding tert-OH is 1.